The standard InChI is InChI=1S/C25H51N2O2P/c1-8-9-10-11-12-13-14-15-16-17-19-27(30-28-21-22(2)29-30)23-18-20-26(7)25(5,6)24(23,3)4/h22-23H,8-21H2,1-7H3. The molecule has 3 atom stereocenters. The van der Waals surface area contributed by atoms with Gasteiger partial charge in [-0.15, -0.1) is 0 Å². The summed E-state index contributed by atoms with van der Waals surface area (Å²) in [4.78, 5) is 2.54. The maximum atomic E-state index is 6.26. The lowest BCUT2D eigenvalue weighted by Gasteiger charge is -2.58. The lowest BCUT2D eigenvalue weighted by atomic mass is 9.65. The van der Waals surface area contributed by atoms with Crippen molar-refractivity contribution in [2.45, 2.75) is 130 Å². The average molecular weight is 443 g/mol. The third-order valence-corrected chi connectivity index (χ3v) is 9.91. The molecule has 0 aliphatic carbocycles. The van der Waals surface area contributed by atoms with E-state index in [9.17, 15) is 0 Å². The average Bonchev–Trinajstić information content (AvgIpc) is 3.12. The fraction of sp³-hybridized carbons (Fsp3) is 1.00. The number of hydrogen-bond acceptors (Lipinski definition) is 4. The van der Waals surface area contributed by atoms with Crippen LogP contribution in [0.4, 0.5) is 0 Å². The van der Waals surface area contributed by atoms with Crippen molar-refractivity contribution in [2.75, 3.05) is 26.7 Å². The minimum absolute atomic E-state index is 0.159. The molecule has 178 valence electrons. The highest BCUT2D eigenvalue weighted by atomic mass is 31.2. The van der Waals surface area contributed by atoms with Gasteiger partial charge < -0.3 is 13.9 Å². The van der Waals surface area contributed by atoms with Crippen LogP contribution in [-0.4, -0.2) is 54.0 Å². The summed E-state index contributed by atoms with van der Waals surface area (Å²) in [6.45, 7) is 17.2. The second-order valence-electron chi connectivity index (χ2n) is 10.8. The Hall–Kier alpha value is 0.270. The summed E-state index contributed by atoms with van der Waals surface area (Å²) in [6, 6.07) is 0.513. The Labute approximate surface area is 189 Å². The summed E-state index contributed by atoms with van der Waals surface area (Å²) in [6.07, 6.45) is 15.3. The van der Waals surface area contributed by atoms with Gasteiger partial charge in [0.25, 0.3) is 8.53 Å². The molecule has 0 aromatic rings. The zero-order valence-electron chi connectivity index (χ0n) is 21.2. The Morgan fingerprint density at radius 3 is 2.03 bits per heavy atom. The van der Waals surface area contributed by atoms with Crippen LogP contribution in [0.1, 0.15) is 112 Å². The zero-order valence-corrected chi connectivity index (χ0v) is 22.1. The fourth-order valence-corrected chi connectivity index (χ4v) is 6.98. The first-order chi connectivity index (χ1) is 14.2. The summed E-state index contributed by atoms with van der Waals surface area (Å²) in [5, 5.41) is 0. The number of likely N-dealkylation sites (tertiary alicyclic amines) is 1. The van der Waals surface area contributed by atoms with E-state index in [1.807, 2.05) is 0 Å². The van der Waals surface area contributed by atoms with Crippen LogP contribution in [0.15, 0.2) is 0 Å². The topological polar surface area (TPSA) is 24.9 Å². The van der Waals surface area contributed by atoms with Crippen molar-refractivity contribution in [1.29, 1.82) is 0 Å². The van der Waals surface area contributed by atoms with Crippen LogP contribution < -0.4 is 0 Å². The van der Waals surface area contributed by atoms with Crippen LogP contribution in [0.2, 0.25) is 0 Å². The van der Waals surface area contributed by atoms with Crippen LogP contribution in [0, 0.1) is 5.41 Å². The summed E-state index contributed by atoms with van der Waals surface area (Å²) >= 11 is 0. The highest BCUT2D eigenvalue weighted by Gasteiger charge is 2.52. The summed E-state index contributed by atoms with van der Waals surface area (Å²) in [5.41, 5.74) is 0.339. The third-order valence-electron chi connectivity index (χ3n) is 8.10. The predicted octanol–water partition coefficient (Wildman–Crippen LogP) is 7.38. The van der Waals surface area contributed by atoms with Gasteiger partial charge in [0.15, 0.2) is 0 Å². The Kier molecular flexibility index (Phi) is 11.0. The number of nitrogens with zero attached hydrogens (tertiary/aromatic N) is 2. The number of unbranched alkanes of at least 4 members (excludes halogenated alkanes) is 9. The molecule has 2 heterocycles. The minimum Gasteiger partial charge on any atom is -0.319 e. The third kappa shape index (κ3) is 6.88. The van der Waals surface area contributed by atoms with Crippen molar-refractivity contribution in [1.82, 2.24) is 9.57 Å². The monoisotopic (exact) mass is 442 g/mol. The molecule has 0 N–H and O–H groups in total. The molecule has 0 aromatic carbocycles. The molecule has 0 radical (unpaired) electrons. The fourth-order valence-electron chi connectivity index (χ4n) is 5.01. The zero-order chi connectivity index (χ0) is 22.2. The van der Waals surface area contributed by atoms with Crippen LogP contribution in [0.25, 0.3) is 0 Å². The van der Waals surface area contributed by atoms with Gasteiger partial charge in [-0.2, -0.15) is 0 Å². The normalized spacial score (nSPS) is 29.0. The minimum atomic E-state index is -0.906. The van der Waals surface area contributed by atoms with E-state index in [-0.39, 0.29) is 17.1 Å². The molecule has 0 saturated carbocycles. The molecule has 2 aliphatic heterocycles. The molecule has 3 unspecified atom stereocenters. The molecular weight excluding hydrogens is 391 g/mol. The molecule has 0 aromatic heterocycles. The highest BCUT2D eigenvalue weighted by Crippen LogP contribution is 2.56. The Balaban J connectivity index is 1.84. The molecule has 2 saturated heterocycles. The predicted molar refractivity (Wildman–Crippen MR) is 131 cm³/mol. The van der Waals surface area contributed by atoms with Gasteiger partial charge in [-0.05, 0) is 52.6 Å². The van der Waals surface area contributed by atoms with Gasteiger partial charge in [0, 0.05) is 18.1 Å². The first-order valence-electron chi connectivity index (χ1n) is 12.8. The first-order valence-corrected chi connectivity index (χ1v) is 13.9. The molecule has 0 amide bonds. The Morgan fingerprint density at radius 2 is 1.50 bits per heavy atom. The lowest BCUT2D eigenvalue weighted by Crippen LogP contribution is -2.65. The summed E-state index contributed by atoms with van der Waals surface area (Å²) in [5.74, 6) is 0. The molecule has 2 rings (SSSR count). The molecule has 0 bridgehead atoms. The van der Waals surface area contributed by atoms with E-state index in [0.29, 0.717) is 6.04 Å². The summed E-state index contributed by atoms with van der Waals surface area (Å²) in [7, 11) is 1.37. The largest absolute Gasteiger partial charge is 0.319 e. The number of rotatable bonds is 13. The van der Waals surface area contributed by atoms with Crippen LogP contribution in [0.5, 0.6) is 0 Å². The maximum absolute atomic E-state index is 6.26. The van der Waals surface area contributed by atoms with Crippen molar-refractivity contribution in [3.05, 3.63) is 0 Å². The molecule has 30 heavy (non-hydrogen) atoms. The van der Waals surface area contributed by atoms with Gasteiger partial charge >= 0.3 is 0 Å². The van der Waals surface area contributed by atoms with E-state index in [0.717, 1.165) is 19.7 Å². The van der Waals surface area contributed by atoms with E-state index in [2.05, 4.69) is 58.2 Å². The summed E-state index contributed by atoms with van der Waals surface area (Å²) < 4.78 is 15.1. The van der Waals surface area contributed by atoms with E-state index in [1.165, 1.54) is 70.6 Å². The molecular formula is C25H51N2O2P. The van der Waals surface area contributed by atoms with Crippen LogP contribution in [-0.2, 0) is 9.05 Å². The Morgan fingerprint density at radius 1 is 0.933 bits per heavy atom. The molecule has 4 nitrogen and oxygen atoms in total. The van der Waals surface area contributed by atoms with Gasteiger partial charge in [-0.1, -0.05) is 78.6 Å². The van der Waals surface area contributed by atoms with Gasteiger partial charge in [0.2, 0.25) is 0 Å². The second kappa shape index (κ2) is 12.5. The van der Waals surface area contributed by atoms with Gasteiger partial charge in [-0.25, -0.2) is 4.67 Å². The molecule has 5 heteroatoms. The van der Waals surface area contributed by atoms with Gasteiger partial charge in [0.05, 0.1) is 12.7 Å². The molecule has 2 aliphatic rings. The Bertz CT molecular complexity index is 486. The number of hydrogen-bond donors (Lipinski definition) is 0. The van der Waals surface area contributed by atoms with E-state index < -0.39 is 8.53 Å². The van der Waals surface area contributed by atoms with Gasteiger partial charge in [-0.3, -0.25) is 0 Å². The first kappa shape index (κ1) is 26.5. The van der Waals surface area contributed by atoms with Gasteiger partial charge in [0.1, 0.15) is 0 Å². The maximum Gasteiger partial charge on any atom is 0.259 e. The van der Waals surface area contributed by atoms with E-state index in [4.69, 9.17) is 9.05 Å². The van der Waals surface area contributed by atoms with Crippen molar-refractivity contribution >= 4 is 8.53 Å². The van der Waals surface area contributed by atoms with Crippen LogP contribution in [0.3, 0.4) is 0 Å². The van der Waals surface area contributed by atoms with Crippen molar-refractivity contribution in [3.63, 3.8) is 0 Å². The quantitative estimate of drug-likeness (QED) is 0.219. The number of piperidine rings is 1. The van der Waals surface area contributed by atoms with E-state index >= 15 is 0 Å². The van der Waals surface area contributed by atoms with Crippen molar-refractivity contribution in [3.8, 4) is 0 Å². The molecule has 0 spiro atoms. The van der Waals surface area contributed by atoms with Crippen LogP contribution >= 0.6 is 8.53 Å². The highest BCUT2D eigenvalue weighted by molar-refractivity contribution is 7.44. The van der Waals surface area contributed by atoms with Crippen molar-refractivity contribution in [2.24, 2.45) is 5.41 Å². The second-order valence-corrected chi connectivity index (χ2v) is 12.3. The van der Waals surface area contributed by atoms with E-state index in [1.54, 1.807) is 0 Å². The van der Waals surface area contributed by atoms with Crippen molar-refractivity contribution < 1.29 is 9.05 Å². The SMILES string of the molecule is CCCCCCCCCCCCN(C1CCN(C)C(C)(C)C1(C)C)P1OCC(C)O1. The molecule has 2 fully saturated rings. The lowest BCUT2D eigenvalue weighted by molar-refractivity contribution is -0.0625. The smallest absolute Gasteiger partial charge is 0.259 e.